The van der Waals surface area contributed by atoms with E-state index in [0.29, 0.717) is 42.4 Å². The minimum absolute atomic E-state index is 0.149. The summed E-state index contributed by atoms with van der Waals surface area (Å²) in [5, 5.41) is 8.08. The van der Waals surface area contributed by atoms with Gasteiger partial charge in [0.2, 0.25) is 11.7 Å². The first-order valence-corrected chi connectivity index (χ1v) is 11.1. The Hall–Kier alpha value is -3.04. The molecule has 1 fully saturated rings. The molecule has 2 aromatic heterocycles. The molecular weight excluding hydrogens is 432 g/mol. The average molecular weight is 457 g/mol. The van der Waals surface area contributed by atoms with Gasteiger partial charge in [-0.2, -0.15) is 4.98 Å². The zero-order chi connectivity index (χ0) is 22.2. The van der Waals surface area contributed by atoms with Gasteiger partial charge in [0, 0.05) is 43.7 Å². The Balaban J connectivity index is 1.54. The number of fused-ring (bicyclic) bond motifs is 3. The Labute approximate surface area is 190 Å². The molecule has 32 heavy (non-hydrogen) atoms. The average Bonchev–Trinajstić information content (AvgIpc) is 3.01. The first-order valence-electron chi connectivity index (χ1n) is 10.7. The standard InChI is InChI=1S/C22H25ClN6O3/c1-13-5-8-32-19-18(25-13)15-11-14(3-4-17(15)28(2)21(19)30)26-20-16(23)12-24-22(27-20)29-6-9-31-10-7-29/h3-4,11-13,25H,5-10H2,1-2H3,(H,24,26,27)/t13-/m0/s1. The highest BCUT2D eigenvalue weighted by atomic mass is 35.5. The van der Waals surface area contributed by atoms with Gasteiger partial charge in [-0.05, 0) is 25.1 Å². The Morgan fingerprint density at radius 1 is 1.25 bits per heavy atom. The molecule has 5 rings (SSSR count). The van der Waals surface area contributed by atoms with Crippen molar-refractivity contribution in [3.05, 3.63) is 39.8 Å². The predicted molar refractivity (Wildman–Crippen MR) is 126 cm³/mol. The lowest BCUT2D eigenvalue weighted by molar-refractivity contribution is 0.122. The lowest BCUT2D eigenvalue weighted by Gasteiger charge is -2.27. The molecule has 168 valence electrons. The van der Waals surface area contributed by atoms with Crippen LogP contribution in [0.25, 0.3) is 10.9 Å². The summed E-state index contributed by atoms with van der Waals surface area (Å²) in [5.74, 6) is 1.49. The smallest absolute Gasteiger partial charge is 0.295 e. The number of ether oxygens (including phenoxy) is 2. The molecule has 3 aromatic rings. The number of morpholine rings is 1. The normalized spacial score (nSPS) is 18.5. The Morgan fingerprint density at radius 3 is 2.88 bits per heavy atom. The molecule has 0 unspecified atom stereocenters. The number of pyridine rings is 1. The van der Waals surface area contributed by atoms with Crippen molar-refractivity contribution in [3.8, 4) is 5.75 Å². The number of aromatic nitrogens is 3. The van der Waals surface area contributed by atoms with Crippen molar-refractivity contribution in [2.45, 2.75) is 19.4 Å². The number of aryl methyl sites for hydroxylation is 1. The van der Waals surface area contributed by atoms with Crippen molar-refractivity contribution >= 4 is 45.6 Å². The van der Waals surface area contributed by atoms with Gasteiger partial charge in [-0.3, -0.25) is 4.79 Å². The van der Waals surface area contributed by atoms with Gasteiger partial charge >= 0.3 is 0 Å². The maximum absolute atomic E-state index is 12.8. The van der Waals surface area contributed by atoms with Crippen LogP contribution in [0, 0.1) is 0 Å². The third-order valence-corrected chi connectivity index (χ3v) is 6.11. The second kappa shape index (κ2) is 8.48. The molecule has 2 N–H and O–H groups in total. The number of anilines is 4. The van der Waals surface area contributed by atoms with Crippen LogP contribution in [0.5, 0.6) is 5.75 Å². The molecule has 2 aliphatic heterocycles. The van der Waals surface area contributed by atoms with E-state index in [9.17, 15) is 4.79 Å². The minimum atomic E-state index is -0.149. The fourth-order valence-electron chi connectivity index (χ4n) is 4.03. The van der Waals surface area contributed by atoms with E-state index < -0.39 is 0 Å². The molecule has 1 aromatic carbocycles. The lowest BCUT2D eigenvalue weighted by Crippen LogP contribution is -2.37. The summed E-state index contributed by atoms with van der Waals surface area (Å²) in [6.45, 7) is 5.36. The van der Waals surface area contributed by atoms with Gasteiger partial charge in [0.1, 0.15) is 5.02 Å². The minimum Gasteiger partial charge on any atom is -0.486 e. The lowest BCUT2D eigenvalue weighted by atomic mass is 10.1. The van der Waals surface area contributed by atoms with Gasteiger partial charge in [-0.1, -0.05) is 11.6 Å². The van der Waals surface area contributed by atoms with E-state index in [0.717, 1.165) is 41.8 Å². The van der Waals surface area contributed by atoms with Crippen molar-refractivity contribution in [1.82, 2.24) is 14.5 Å². The third-order valence-electron chi connectivity index (χ3n) is 5.83. The summed E-state index contributed by atoms with van der Waals surface area (Å²) in [6, 6.07) is 5.99. The van der Waals surface area contributed by atoms with Gasteiger partial charge in [0.05, 0.1) is 37.2 Å². The molecule has 10 heteroatoms. The van der Waals surface area contributed by atoms with Crippen LogP contribution in [0.3, 0.4) is 0 Å². The SMILES string of the molecule is C[C@H]1CCOc2c(c3cc(Nc4nc(N5CCOCC5)ncc4Cl)ccc3n(C)c2=O)N1. The molecule has 1 atom stereocenters. The molecule has 0 amide bonds. The first-order chi connectivity index (χ1) is 15.5. The predicted octanol–water partition coefficient (Wildman–Crippen LogP) is 3.15. The topological polar surface area (TPSA) is 93.5 Å². The Morgan fingerprint density at radius 2 is 2.06 bits per heavy atom. The second-order valence-electron chi connectivity index (χ2n) is 8.07. The van der Waals surface area contributed by atoms with E-state index in [1.165, 1.54) is 0 Å². The summed E-state index contributed by atoms with van der Waals surface area (Å²) < 4.78 is 12.9. The molecule has 0 bridgehead atoms. The van der Waals surface area contributed by atoms with Gasteiger partial charge in [-0.15, -0.1) is 0 Å². The van der Waals surface area contributed by atoms with Gasteiger partial charge in [0.15, 0.2) is 5.82 Å². The van der Waals surface area contributed by atoms with Gasteiger partial charge in [-0.25, -0.2) is 4.98 Å². The largest absolute Gasteiger partial charge is 0.486 e. The summed E-state index contributed by atoms with van der Waals surface area (Å²) in [7, 11) is 1.76. The van der Waals surface area contributed by atoms with E-state index in [2.05, 4.69) is 32.4 Å². The maximum atomic E-state index is 12.8. The zero-order valence-electron chi connectivity index (χ0n) is 18.0. The van der Waals surface area contributed by atoms with E-state index in [-0.39, 0.29) is 11.6 Å². The van der Waals surface area contributed by atoms with Crippen LogP contribution >= 0.6 is 11.6 Å². The monoisotopic (exact) mass is 456 g/mol. The van der Waals surface area contributed by atoms with Crippen molar-refractivity contribution in [1.29, 1.82) is 0 Å². The molecular formula is C22H25ClN6O3. The molecule has 9 nitrogen and oxygen atoms in total. The Kier molecular flexibility index (Phi) is 5.52. The highest BCUT2D eigenvalue weighted by Gasteiger charge is 2.22. The third kappa shape index (κ3) is 3.82. The van der Waals surface area contributed by atoms with Crippen LogP contribution in [-0.4, -0.2) is 53.5 Å². The molecule has 0 aliphatic carbocycles. The number of benzene rings is 1. The summed E-state index contributed by atoms with van der Waals surface area (Å²) in [6.07, 6.45) is 2.42. The van der Waals surface area contributed by atoms with Gasteiger partial charge in [0.25, 0.3) is 5.56 Å². The van der Waals surface area contributed by atoms with Crippen LogP contribution in [0.1, 0.15) is 13.3 Å². The molecule has 0 spiro atoms. The van der Waals surface area contributed by atoms with Crippen molar-refractivity contribution in [2.75, 3.05) is 48.4 Å². The fourth-order valence-corrected chi connectivity index (χ4v) is 4.17. The van der Waals surface area contributed by atoms with Crippen molar-refractivity contribution in [2.24, 2.45) is 7.05 Å². The zero-order valence-corrected chi connectivity index (χ0v) is 18.8. The summed E-state index contributed by atoms with van der Waals surface area (Å²) >= 11 is 6.40. The molecule has 2 aliphatic rings. The van der Waals surface area contributed by atoms with Crippen molar-refractivity contribution < 1.29 is 9.47 Å². The quantitative estimate of drug-likeness (QED) is 0.620. The molecule has 1 saturated heterocycles. The maximum Gasteiger partial charge on any atom is 0.295 e. The summed E-state index contributed by atoms with van der Waals surface area (Å²) in [4.78, 5) is 23.9. The van der Waals surface area contributed by atoms with E-state index >= 15 is 0 Å². The van der Waals surface area contributed by atoms with E-state index in [1.54, 1.807) is 17.8 Å². The number of nitrogens with zero attached hydrogens (tertiary/aromatic N) is 4. The fraction of sp³-hybridized carbons (Fsp3) is 0.409. The number of hydrogen-bond acceptors (Lipinski definition) is 8. The first kappa shape index (κ1) is 20.8. The number of nitrogens with one attached hydrogen (secondary N) is 2. The van der Waals surface area contributed by atoms with Crippen LogP contribution in [-0.2, 0) is 11.8 Å². The number of hydrogen-bond donors (Lipinski definition) is 2. The number of rotatable bonds is 3. The van der Waals surface area contributed by atoms with E-state index in [1.807, 2.05) is 18.2 Å². The highest BCUT2D eigenvalue weighted by molar-refractivity contribution is 6.32. The second-order valence-corrected chi connectivity index (χ2v) is 8.48. The number of halogens is 1. The molecule has 0 radical (unpaired) electrons. The summed E-state index contributed by atoms with van der Waals surface area (Å²) in [5.41, 5.74) is 2.18. The van der Waals surface area contributed by atoms with Crippen LogP contribution < -0.4 is 25.8 Å². The Bertz CT molecular complexity index is 1220. The van der Waals surface area contributed by atoms with Gasteiger partial charge < -0.3 is 29.6 Å². The molecule has 0 saturated carbocycles. The highest BCUT2D eigenvalue weighted by Crippen LogP contribution is 2.35. The van der Waals surface area contributed by atoms with Crippen LogP contribution in [0.15, 0.2) is 29.2 Å². The van der Waals surface area contributed by atoms with Crippen LogP contribution in [0.4, 0.5) is 23.1 Å². The molecule has 4 heterocycles. The van der Waals surface area contributed by atoms with Crippen LogP contribution in [0.2, 0.25) is 5.02 Å². The van der Waals surface area contributed by atoms with Crippen molar-refractivity contribution in [3.63, 3.8) is 0 Å². The van der Waals surface area contributed by atoms with E-state index in [4.69, 9.17) is 21.1 Å².